The minimum Gasteiger partial charge on any atom is -0.370 e. The van der Waals surface area contributed by atoms with Gasteiger partial charge in [-0.05, 0) is 30.2 Å². The van der Waals surface area contributed by atoms with Crippen molar-refractivity contribution in [1.29, 1.82) is 0 Å². The van der Waals surface area contributed by atoms with Crippen molar-refractivity contribution in [3.05, 3.63) is 59.5 Å². The minimum absolute atomic E-state index is 0.297. The molecule has 0 aliphatic carbocycles. The Morgan fingerprint density at radius 3 is 2.40 bits per heavy atom. The maximum Gasteiger partial charge on any atom is 0.417 e. The maximum absolute atomic E-state index is 13.3. The molecule has 0 amide bonds. The number of alkyl halides is 3. The Morgan fingerprint density at radius 1 is 1.05 bits per heavy atom. The fourth-order valence-electron chi connectivity index (χ4n) is 1.69. The first-order valence-electron chi connectivity index (χ1n) is 5.97. The molecule has 0 saturated heterocycles. The van der Waals surface area contributed by atoms with Gasteiger partial charge in [0.2, 0.25) is 0 Å². The van der Waals surface area contributed by atoms with Gasteiger partial charge in [-0.1, -0.05) is 18.2 Å². The highest BCUT2D eigenvalue weighted by Crippen LogP contribution is 2.28. The van der Waals surface area contributed by atoms with Crippen LogP contribution in [0.2, 0.25) is 0 Å². The summed E-state index contributed by atoms with van der Waals surface area (Å²) in [7, 11) is 0. The summed E-state index contributed by atoms with van der Waals surface area (Å²) in [4.78, 5) is 3.67. The van der Waals surface area contributed by atoms with Gasteiger partial charge in [0, 0.05) is 12.7 Å². The number of nitrogens with one attached hydrogen (secondary N) is 1. The van der Waals surface area contributed by atoms with Gasteiger partial charge in [0.05, 0.1) is 5.56 Å². The second kappa shape index (κ2) is 5.90. The van der Waals surface area contributed by atoms with Gasteiger partial charge >= 0.3 is 6.18 Å². The summed E-state index contributed by atoms with van der Waals surface area (Å²) in [5.41, 5.74) is -0.246. The third kappa shape index (κ3) is 3.69. The number of pyridine rings is 1. The lowest BCUT2D eigenvalue weighted by atomic mass is 10.1. The molecule has 6 heteroatoms. The largest absolute Gasteiger partial charge is 0.417 e. The summed E-state index contributed by atoms with van der Waals surface area (Å²) >= 11 is 0. The lowest BCUT2D eigenvalue weighted by Crippen LogP contribution is -2.09. The van der Waals surface area contributed by atoms with Crippen molar-refractivity contribution in [3.8, 4) is 0 Å². The quantitative estimate of drug-likeness (QED) is 0.861. The van der Waals surface area contributed by atoms with Crippen LogP contribution in [0.3, 0.4) is 0 Å². The molecule has 1 aromatic heterocycles. The third-order valence-electron chi connectivity index (χ3n) is 2.75. The van der Waals surface area contributed by atoms with E-state index < -0.39 is 11.7 Å². The summed E-state index contributed by atoms with van der Waals surface area (Å²) in [5, 5.41) is 2.85. The Hall–Kier alpha value is -2.11. The molecule has 106 valence electrons. The van der Waals surface area contributed by atoms with Crippen molar-refractivity contribution < 1.29 is 17.6 Å². The van der Waals surface area contributed by atoms with Crippen LogP contribution < -0.4 is 5.32 Å². The molecule has 2 aromatic rings. The van der Waals surface area contributed by atoms with Gasteiger partial charge in [-0.15, -0.1) is 0 Å². The predicted octanol–water partition coefficient (Wildman–Crippen LogP) is 3.89. The Bertz CT molecular complexity index is 564. The topological polar surface area (TPSA) is 24.9 Å². The molecular formula is C14H12F4N2. The molecule has 1 N–H and O–H groups in total. The monoisotopic (exact) mass is 284 g/mol. The van der Waals surface area contributed by atoms with E-state index in [2.05, 4.69) is 10.3 Å². The van der Waals surface area contributed by atoms with E-state index in [4.69, 9.17) is 0 Å². The van der Waals surface area contributed by atoms with E-state index in [1.54, 1.807) is 18.2 Å². The van der Waals surface area contributed by atoms with E-state index in [1.807, 2.05) is 0 Å². The van der Waals surface area contributed by atoms with E-state index in [1.165, 1.54) is 12.1 Å². The number of rotatable bonds is 4. The molecule has 0 aliphatic rings. The van der Waals surface area contributed by atoms with Crippen LogP contribution in [0.15, 0.2) is 42.6 Å². The maximum atomic E-state index is 13.3. The molecule has 20 heavy (non-hydrogen) atoms. The number of halogens is 4. The Kier molecular flexibility index (Phi) is 4.22. The van der Waals surface area contributed by atoms with Gasteiger partial charge in [0.15, 0.2) is 0 Å². The first-order chi connectivity index (χ1) is 9.47. The fourth-order valence-corrected chi connectivity index (χ4v) is 1.69. The van der Waals surface area contributed by atoms with Crippen LogP contribution in [0.5, 0.6) is 0 Å². The summed E-state index contributed by atoms with van der Waals surface area (Å²) in [6.45, 7) is 0.388. The zero-order valence-corrected chi connectivity index (χ0v) is 10.4. The van der Waals surface area contributed by atoms with E-state index in [9.17, 15) is 17.6 Å². The molecule has 0 radical (unpaired) electrons. The molecule has 0 spiro atoms. The Labute approximate surface area is 113 Å². The molecular weight excluding hydrogens is 272 g/mol. The average Bonchev–Trinajstić information content (AvgIpc) is 2.40. The van der Waals surface area contributed by atoms with Crippen LogP contribution in [0.1, 0.15) is 11.1 Å². The van der Waals surface area contributed by atoms with E-state index in [-0.39, 0.29) is 5.82 Å². The number of nitrogens with zero attached hydrogens (tertiary/aromatic N) is 1. The number of benzene rings is 1. The number of hydrogen-bond donors (Lipinski definition) is 1. The van der Waals surface area contributed by atoms with Crippen LogP contribution in [0.4, 0.5) is 23.4 Å². The van der Waals surface area contributed by atoms with Gasteiger partial charge in [-0.3, -0.25) is 0 Å². The molecule has 0 bridgehead atoms. The molecule has 1 heterocycles. The van der Waals surface area contributed by atoms with Crippen LogP contribution in [-0.4, -0.2) is 11.5 Å². The first-order valence-corrected chi connectivity index (χ1v) is 5.97. The van der Waals surface area contributed by atoms with Crippen LogP contribution in [-0.2, 0) is 12.6 Å². The molecule has 2 rings (SSSR count). The molecule has 0 fully saturated rings. The highest BCUT2D eigenvalue weighted by molar-refractivity contribution is 5.36. The van der Waals surface area contributed by atoms with Gasteiger partial charge in [0.25, 0.3) is 0 Å². The second-order valence-corrected chi connectivity index (χ2v) is 4.20. The highest BCUT2D eigenvalue weighted by Gasteiger charge is 2.30. The van der Waals surface area contributed by atoms with E-state index in [0.717, 1.165) is 12.3 Å². The lowest BCUT2D eigenvalue weighted by molar-refractivity contribution is -0.137. The fraction of sp³-hybridized carbons (Fsp3) is 0.214. The average molecular weight is 284 g/mol. The molecule has 0 saturated carbocycles. The summed E-state index contributed by atoms with van der Waals surface area (Å²) < 4.78 is 50.3. The standard InChI is InChI=1S/C14H12F4N2/c15-12-4-2-1-3-10(12)7-8-19-13-6-5-11(9-20-13)14(16,17)18/h1-6,9H,7-8H2,(H,19,20). The van der Waals surface area contributed by atoms with Crippen molar-refractivity contribution in [3.63, 3.8) is 0 Å². The Morgan fingerprint density at radius 2 is 1.80 bits per heavy atom. The molecule has 0 atom stereocenters. The van der Waals surface area contributed by atoms with Crippen molar-refractivity contribution in [2.75, 3.05) is 11.9 Å². The van der Waals surface area contributed by atoms with Crippen molar-refractivity contribution in [1.82, 2.24) is 4.98 Å². The summed E-state index contributed by atoms with van der Waals surface area (Å²) in [6.07, 6.45) is -3.19. The zero-order chi connectivity index (χ0) is 14.6. The van der Waals surface area contributed by atoms with Crippen molar-refractivity contribution >= 4 is 5.82 Å². The van der Waals surface area contributed by atoms with Gasteiger partial charge in [-0.25, -0.2) is 9.37 Å². The number of anilines is 1. The number of hydrogen-bond acceptors (Lipinski definition) is 2. The van der Waals surface area contributed by atoms with Crippen molar-refractivity contribution in [2.24, 2.45) is 0 Å². The summed E-state index contributed by atoms with van der Waals surface area (Å²) in [5.74, 6) is 0.0315. The van der Waals surface area contributed by atoms with E-state index in [0.29, 0.717) is 24.3 Å². The van der Waals surface area contributed by atoms with Crippen LogP contribution in [0.25, 0.3) is 0 Å². The molecule has 0 aliphatic heterocycles. The normalized spacial score (nSPS) is 11.4. The molecule has 0 unspecified atom stereocenters. The smallest absolute Gasteiger partial charge is 0.370 e. The van der Waals surface area contributed by atoms with Crippen LogP contribution in [0, 0.1) is 5.82 Å². The van der Waals surface area contributed by atoms with Gasteiger partial charge in [0.1, 0.15) is 11.6 Å². The SMILES string of the molecule is Fc1ccccc1CCNc1ccc(C(F)(F)F)cn1. The minimum atomic E-state index is -4.39. The summed E-state index contributed by atoms with van der Waals surface area (Å²) in [6, 6.07) is 8.57. The first kappa shape index (κ1) is 14.3. The van der Waals surface area contributed by atoms with Crippen LogP contribution >= 0.6 is 0 Å². The molecule has 1 aromatic carbocycles. The zero-order valence-electron chi connectivity index (χ0n) is 10.4. The lowest BCUT2D eigenvalue weighted by Gasteiger charge is -2.09. The molecule has 2 nitrogen and oxygen atoms in total. The van der Waals surface area contributed by atoms with Gasteiger partial charge in [-0.2, -0.15) is 13.2 Å². The predicted molar refractivity (Wildman–Crippen MR) is 67.8 cm³/mol. The van der Waals surface area contributed by atoms with Crippen molar-refractivity contribution in [2.45, 2.75) is 12.6 Å². The highest BCUT2D eigenvalue weighted by atomic mass is 19.4. The second-order valence-electron chi connectivity index (χ2n) is 4.20. The number of aromatic nitrogens is 1. The third-order valence-corrected chi connectivity index (χ3v) is 2.75. The van der Waals surface area contributed by atoms with E-state index >= 15 is 0 Å². The Balaban J connectivity index is 1.90. The van der Waals surface area contributed by atoms with Gasteiger partial charge < -0.3 is 5.32 Å².